The Kier molecular flexibility index (Phi) is 6.14. The van der Waals surface area contributed by atoms with Crippen LogP contribution >= 0.6 is 0 Å². The zero-order valence-corrected chi connectivity index (χ0v) is 16.2. The molecule has 1 amide bonds. The van der Waals surface area contributed by atoms with Gasteiger partial charge < -0.3 is 19.9 Å². The van der Waals surface area contributed by atoms with Crippen LogP contribution in [0.5, 0.6) is 5.75 Å². The van der Waals surface area contributed by atoms with Gasteiger partial charge in [0.2, 0.25) is 5.91 Å². The highest BCUT2D eigenvalue weighted by Gasteiger charge is 2.22. The molecule has 0 aliphatic carbocycles. The van der Waals surface area contributed by atoms with E-state index < -0.39 is 0 Å². The van der Waals surface area contributed by atoms with Crippen molar-refractivity contribution in [3.63, 3.8) is 0 Å². The van der Waals surface area contributed by atoms with Crippen molar-refractivity contribution >= 4 is 16.8 Å². The Bertz CT molecular complexity index is 901. The summed E-state index contributed by atoms with van der Waals surface area (Å²) in [5.74, 6) is 0.825. The minimum atomic E-state index is -0.0389. The molecule has 0 aliphatic rings. The average molecular weight is 366 g/mol. The van der Waals surface area contributed by atoms with Gasteiger partial charge in [-0.05, 0) is 29.3 Å². The minimum absolute atomic E-state index is 0.0389. The second-order valence-corrected chi connectivity index (χ2v) is 7.13. The molecule has 5 heteroatoms. The van der Waals surface area contributed by atoms with Gasteiger partial charge in [-0.3, -0.25) is 4.79 Å². The normalized spacial score (nSPS) is 12.3. The number of H-pyrrole nitrogens is 1. The van der Waals surface area contributed by atoms with Crippen molar-refractivity contribution in [3.8, 4) is 5.75 Å². The summed E-state index contributed by atoms with van der Waals surface area (Å²) < 4.78 is 5.39. The van der Waals surface area contributed by atoms with Crippen LogP contribution < -0.4 is 15.0 Å². The quantitative estimate of drug-likeness (QED) is 0.571. The molecule has 0 aliphatic heterocycles. The Morgan fingerprint density at radius 3 is 2.78 bits per heavy atom. The van der Waals surface area contributed by atoms with Crippen LogP contribution in [0.15, 0.2) is 54.7 Å². The van der Waals surface area contributed by atoms with Gasteiger partial charge in [-0.25, -0.2) is 0 Å². The molecule has 3 rings (SSSR count). The molecule has 0 saturated heterocycles. The SMILES string of the molecule is COc1cccc([C@H](CC(=O)NCC[NH+](C)C)c2c[nH]c3ccccc23)c1. The first-order chi connectivity index (χ1) is 13.1. The minimum Gasteiger partial charge on any atom is -0.497 e. The first-order valence-electron chi connectivity index (χ1n) is 9.34. The number of carbonyl (C=O) groups is 1. The molecule has 27 heavy (non-hydrogen) atoms. The molecule has 0 saturated carbocycles. The number of carbonyl (C=O) groups excluding carboxylic acids is 1. The first-order valence-corrected chi connectivity index (χ1v) is 9.34. The first kappa shape index (κ1) is 19.0. The zero-order chi connectivity index (χ0) is 19.2. The number of ether oxygens (including phenoxy) is 1. The van der Waals surface area contributed by atoms with Crippen LogP contribution in [-0.2, 0) is 4.79 Å². The van der Waals surface area contributed by atoms with Crippen LogP contribution in [0.2, 0.25) is 0 Å². The number of quaternary nitrogens is 1. The van der Waals surface area contributed by atoms with Gasteiger partial charge in [0.25, 0.3) is 0 Å². The van der Waals surface area contributed by atoms with Crippen molar-refractivity contribution in [2.45, 2.75) is 12.3 Å². The third-order valence-corrected chi connectivity index (χ3v) is 4.83. The van der Waals surface area contributed by atoms with Crippen LogP contribution in [0.1, 0.15) is 23.5 Å². The van der Waals surface area contributed by atoms with Gasteiger partial charge in [-0.2, -0.15) is 0 Å². The topological polar surface area (TPSA) is 58.6 Å². The van der Waals surface area contributed by atoms with Crippen molar-refractivity contribution < 1.29 is 14.4 Å². The van der Waals surface area contributed by atoms with Gasteiger partial charge in [0.1, 0.15) is 5.75 Å². The van der Waals surface area contributed by atoms with Crippen LogP contribution in [-0.4, -0.2) is 45.2 Å². The fraction of sp³-hybridized carbons (Fsp3) is 0.318. The number of benzene rings is 2. The van der Waals surface area contributed by atoms with E-state index in [0.29, 0.717) is 13.0 Å². The molecule has 5 nitrogen and oxygen atoms in total. The molecular weight excluding hydrogens is 338 g/mol. The zero-order valence-electron chi connectivity index (χ0n) is 16.2. The van der Waals surface area contributed by atoms with E-state index >= 15 is 0 Å². The van der Waals surface area contributed by atoms with Crippen molar-refractivity contribution in [2.24, 2.45) is 0 Å². The smallest absolute Gasteiger partial charge is 0.221 e. The van der Waals surface area contributed by atoms with Crippen molar-refractivity contribution in [3.05, 3.63) is 65.9 Å². The van der Waals surface area contributed by atoms with E-state index in [4.69, 9.17) is 4.74 Å². The van der Waals surface area contributed by atoms with Crippen LogP contribution in [0.25, 0.3) is 10.9 Å². The highest BCUT2D eigenvalue weighted by Crippen LogP contribution is 2.34. The van der Waals surface area contributed by atoms with Crippen LogP contribution in [0, 0.1) is 0 Å². The third kappa shape index (κ3) is 4.68. The molecule has 3 N–H and O–H groups in total. The number of aromatic amines is 1. The number of nitrogens with one attached hydrogen (secondary N) is 3. The summed E-state index contributed by atoms with van der Waals surface area (Å²) in [6, 6.07) is 16.2. The van der Waals surface area contributed by atoms with Crippen molar-refractivity contribution in [1.82, 2.24) is 10.3 Å². The van der Waals surface area contributed by atoms with Gasteiger partial charge in [-0.15, -0.1) is 0 Å². The Morgan fingerprint density at radius 1 is 1.19 bits per heavy atom. The number of para-hydroxylation sites is 1. The Morgan fingerprint density at radius 2 is 2.00 bits per heavy atom. The van der Waals surface area contributed by atoms with Gasteiger partial charge in [0.05, 0.1) is 34.3 Å². The highest BCUT2D eigenvalue weighted by molar-refractivity contribution is 5.86. The standard InChI is InChI=1S/C22H27N3O2/c1-25(2)12-11-23-22(26)14-19(16-7-6-8-17(13-16)27-3)20-15-24-21-10-5-4-9-18(20)21/h4-10,13,15,19,24H,11-12,14H2,1-3H3,(H,23,26)/p+1/t19-/m0/s1. The summed E-state index contributed by atoms with van der Waals surface area (Å²) in [6.07, 6.45) is 2.42. The summed E-state index contributed by atoms with van der Waals surface area (Å²) in [5, 5.41) is 4.20. The predicted octanol–water partition coefficient (Wildman–Crippen LogP) is 1.96. The summed E-state index contributed by atoms with van der Waals surface area (Å²) in [7, 11) is 5.82. The van der Waals surface area contributed by atoms with Gasteiger partial charge in [0.15, 0.2) is 0 Å². The molecule has 0 spiro atoms. The molecule has 3 aromatic rings. The van der Waals surface area contributed by atoms with E-state index in [9.17, 15) is 4.79 Å². The Hall–Kier alpha value is -2.79. The van der Waals surface area contributed by atoms with Gasteiger partial charge in [0, 0.05) is 29.4 Å². The second kappa shape index (κ2) is 8.73. The monoisotopic (exact) mass is 366 g/mol. The molecule has 0 unspecified atom stereocenters. The average Bonchev–Trinajstić information content (AvgIpc) is 3.10. The predicted molar refractivity (Wildman–Crippen MR) is 108 cm³/mol. The lowest BCUT2D eigenvalue weighted by atomic mass is 9.88. The molecule has 0 bridgehead atoms. The van der Waals surface area contributed by atoms with Crippen molar-refractivity contribution in [2.75, 3.05) is 34.3 Å². The number of rotatable bonds is 8. The maximum Gasteiger partial charge on any atom is 0.221 e. The summed E-state index contributed by atoms with van der Waals surface area (Å²) in [4.78, 5) is 17.3. The fourth-order valence-corrected chi connectivity index (χ4v) is 3.36. The summed E-state index contributed by atoms with van der Waals surface area (Å²) in [6.45, 7) is 1.59. The van der Waals surface area contributed by atoms with E-state index in [2.05, 4.69) is 42.6 Å². The molecule has 142 valence electrons. The molecule has 0 fully saturated rings. The molecule has 0 radical (unpaired) electrons. The molecule has 1 heterocycles. The van der Waals surface area contributed by atoms with Crippen molar-refractivity contribution in [1.29, 1.82) is 0 Å². The second-order valence-electron chi connectivity index (χ2n) is 7.13. The third-order valence-electron chi connectivity index (χ3n) is 4.83. The summed E-state index contributed by atoms with van der Waals surface area (Å²) in [5.41, 5.74) is 3.29. The molecule has 2 aromatic carbocycles. The fourth-order valence-electron chi connectivity index (χ4n) is 3.36. The lowest BCUT2D eigenvalue weighted by molar-refractivity contribution is -0.856. The Labute approximate surface area is 160 Å². The number of hydrogen-bond donors (Lipinski definition) is 3. The van der Waals surface area contributed by atoms with E-state index in [0.717, 1.165) is 34.3 Å². The van der Waals surface area contributed by atoms with E-state index in [1.165, 1.54) is 4.90 Å². The van der Waals surface area contributed by atoms with E-state index in [1.54, 1.807) is 7.11 Å². The van der Waals surface area contributed by atoms with E-state index in [1.807, 2.05) is 36.5 Å². The molecule has 1 aromatic heterocycles. The Balaban J connectivity index is 1.90. The highest BCUT2D eigenvalue weighted by atomic mass is 16.5. The number of likely N-dealkylation sites (N-methyl/N-ethyl adjacent to an activating group) is 1. The summed E-state index contributed by atoms with van der Waals surface area (Å²) >= 11 is 0. The van der Waals surface area contributed by atoms with Crippen LogP contribution in [0.4, 0.5) is 0 Å². The molecule has 1 atom stereocenters. The number of hydrogen-bond acceptors (Lipinski definition) is 2. The largest absolute Gasteiger partial charge is 0.497 e. The number of amides is 1. The van der Waals surface area contributed by atoms with E-state index in [-0.39, 0.29) is 11.8 Å². The maximum absolute atomic E-state index is 12.6. The number of methoxy groups -OCH3 is 1. The lowest BCUT2D eigenvalue weighted by Crippen LogP contribution is -3.06. The van der Waals surface area contributed by atoms with Crippen LogP contribution in [0.3, 0.4) is 0 Å². The number of fused-ring (bicyclic) bond motifs is 1. The maximum atomic E-state index is 12.6. The van der Waals surface area contributed by atoms with Gasteiger partial charge in [-0.1, -0.05) is 30.3 Å². The van der Waals surface area contributed by atoms with Gasteiger partial charge >= 0.3 is 0 Å². The lowest BCUT2D eigenvalue weighted by Gasteiger charge is -2.18. The molecular formula is C22H28N3O2+. The number of aromatic nitrogens is 1.